The van der Waals surface area contributed by atoms with Gasteiger partial charge in [-0.15, -0.1) is 0 Å². The van der Waals surface area contributed by atoms with E-state index in [0.717, 1.165) is 33.8 Å². The van der Waals surface area contributed by atoms with E-state index in [1.807, 2.05) is 25.1 Å². The second kappa shape index (κ2) is 8.66. The van der Waals surface area contributed by atoms with Gasteiger partial charge in [0.1, 0.15) is 5.69 Å². The number of nitrogens with one attached hydrogen (secondary N) is 1. The van der Waals surface area contributed by atoms with Crippen LogP contribution < -0.4 is 0 Å². The van der Waals surface area contributed by atoms with E-state index in [0.29, 0.717) is 12.3 Å². The molecule has 0 aliphatic rings. The maximum absolute atomic E-state index is 12.5. The molecule has 1 aromatic heterocycles. The molecule has 4 rings (SSSR count). The Kier molecular flexibility index (Phi) is 5.81. The van der Waals surface area contributed by atoms with Crippen LogP contribution in [0.2, 0.25) is 0 Å². The lowest BCUT2D eigenvalue weighted by Crippen LogP contribution is -2.07. The summed E-state index contributed by atoms with van der Waals surface area (Å²) >= 11 is 3.57. The molecule has 0 atom stereocenters. The maximum Gasteiger partial charge on any atom is 0.355 e. The Balaban J connectivity index is 1.60. The van der Waals surface area contributed by atoms with Crippen molar-refractivity contribution in [3.63, 3.8) is 0 Å². The van der Waals surface area contributed by atoms with Gasteiger partial charge in [0.25, 0.3) is 0 Å². The molecule has 0 aliphatic carbocycles. The Labute approximate surface area is 178 Å². The Morgan fingerprint density at radius 1 is 1.03 bits per heavy atom. The van der Waals surface area contributed by atoms with Crippen LogP contribution in [0.4, 0.5) is 0 Å². The lowest BCUT2D eigenvalue weighted by Gasteiger charge is -2.04. The first-order chi connectivity index (χ1) is 14.2. The summed E-state index contributed by atoms with van der Waals surface area (Å²) in [6, 6.07) is 20.7. The highest BCUT2D eigenvalue weighted by Crippen LogP contribution is 2.30. The number of carbonyl (C=O) groups excluding carboxylic acids is 1. The first-order valence-electron chi connectivity index (χ1n) is 9.79. The van der Waals surface area contributed by atoms with Gasteiger partial charge in [0, 0.05) is 9.86 Å². The largest absolute Gasteiger partial charge is 0.461 e. The molecule has 0 saturated carbocycles. The topological polar surface area (TPSA) is 42.1 Å². The summed E-state index contributed by atoms with van der Waals surface area (Å²) < 4.78 is 6.20. The van der Waals surface area contributed by atoms with Gasteiger partial charge < -0.3 is 9.72 Å². The van der Waals surface area contributed by atoms with Crippen molar-refractivity contribution in [2.24, 2.45) is 0 Å². The number of H-pyrrole nitrogens is 1. The van der Waals surface area contributed by atoms with E-state index in [4.69, 9.17) is 4.74 Å². The smallest absolute Gasteiger partial charge is 0.355 e. The highest BCUT2D eigenvalue weighted by Gasteiger charge is 2.19. The molecule has 0 saturated heterocycles. The molecule has 0 bridgehead atoms. The highest BCUT2D eigenvalue weighted by molar-refractivity contribution is 9.10. The van der Waals surface area contributed by atoms with E-state index < -0.39 is 0 Å². The van der Waals surface area contributed by atoms with Gasteiger partial charge in [0.2, 0.25) is 0 Å². The van der Waals surface area contributed by atoms with Gasteiger partial charge in [-0.3, -0.25) is 0 Å². The Morgan fingerprint density at radius 3 is 2.66 bits per heavy atom. The number of rotatable bonds is 6. The molecule has 1 heterocycles. The molecule has 0 fully saturated rings. The summed E-state index contributed by atoms with van der Waals surface area (Å²) in [4.78, 5) is 15.7. The summed E-state index contributed by atoms with van der Waals surface area (Å²) in [5.74, 6) is -0.302. The van der Waals surface area contributed by atoms with E-state index in [1.54, 1.807) is 0 Å². The monoisotopic (exact) mass is 447 g/mol. The predicted molar refractivity (Wildman–Crippen MR) is 123 cm³/mol. The summed E-state index contributed by atoms with van der Waals surface area (Å²) in [5, 5.41) is 3.54. The third-order valence-corrected chi connectivity index (χ3v) is 5.71. The van der Waals surface area contributed by atoms with Crippen molar-refractivity contribution in [2.45, 2.75) is 19.8 Å². The molecular weight excluding hydrogens is 426 g/mol. The molecule has 3 nitrogen and oxygen atoms in total. The molecule has 0 aliphatic heterocycles. The number of para-hydroxylation sites is 1. The Hall–Kier alpha value is -2.85. The number of fused-ring (bicyclic) bond motifs is 2. The number of benzene rings is 3. The molecule has 3 aromatic carbocycles. The maximum atomic E-state index is 12.5. The number of esters is 1. The Bertz CT molecular complexity index is 1200. The van der Waals surface area contributed by atoms with Gasteiger partial charge in [-0.05, 0) is 63.7 Å². The van der Waals surface area contributed by atoms with Crippen LogP contribution in [0.3, 0.4) is 0 Å². The summed E-state index contributed by atoms with van der Waals surface area (Å²) in [7, 11) is 0. The SMILES string of the molecule is CCOC(=O)c1[nH]c2c(Br)cccc2c1CCC=Cc1cccc2ccccc12. The van der Waals surface area contributed by atoms with Crippen molar-refractivity contribution in [1.29, 1.82) is 0 Å². The third-order valence-electron chi connectivity index (χ3n) is 5.05. The van der Waals surface area contributed by atoms with Crippen molar-refractivity contribution in [2.75, 3.05) is 6.61 Å². The average molecular weight is 448 g/mol. The number of hydrogen-bond donors (Lipinski definition) is 1. The van der Waals surface area contributed by atoms with Crippen molar-refractivity contribution >= 4 is 49.7 Å². The quantitative estimate of drug-likeness (QED) is 0.326. The van der Waals surface area contributed by atoms with Crippen molar-refractivity contribution in [3.8, 4) is 0 Å². The number of halogens is 1. The van der Waals surface area contributed by atoms with E-state index in [2.05, 4.69) is 75.5 Å². The normalized spacial score (nSPS) is 11.5. The van der Waals surface area contributed by atoms with Crippen LogP contribution in [-0.4, -0.2) is 17.6 Å². The van der Waals surface area contributed by atoms with Crippen molar-refractivity contribution in [1.82, 2.24) is 4.98 Å². The van der Waals surface area contributed by atoms with Crippen LogP contribution in [0.15, 0.2) is 71.2 Å². The minimum atomic E-state index is -0.302. The standard InChI is InChI=1S/C25H22BrNO2/c1-2-29-25(28)24-21(20-15-8-16-22(26)23(20)27-24)14-6-4-10-18-12-7-11-17-9-3-5-13-19(17)18/h3-5,7-13,15-16,27H,2,6,14H2,1H3. The van der Waals surface area contributed by atoms with Crippen molar-refractivity contribution < 1.29 is 9.53 Å². The predicted octanol–water partition coefficient (Wildman–Crippen LogP) is 6.91. The fraction of sp³-hybridized carbons (Fsp3) is 0.160. The average Bonchev–Trinajstić information content (AvgIpc) is 3.11. The van der Waals surface area contributed by atoms with E-state index >= 15 is 0 Å². The van der Waals surface area contributed by atoms with E-state index in [1.165, 1.54) is 16.3 Å². The number of carbonyl (C=O) groups is 1. The molecule has 146 valence electrons. The molecule has 29 heavy (non-hydrogen) atoms. The zero-order valence-electron chi connectivity index (χ0n) is 16.2. The molecule has 4 heteroatoms. The third kappa shape index (κ3) is 3.99. The molecule has 0 amide bonds. The van der Waals surface area contributed by atoms with Gasteiger partial charge in [0.15, 0.2) is 0 Å². The zero-order valence-corrected chi connectivity index (χ0v) is 17.8. The van der Waals surface area contributed by atoms with Crippen LogP contribution in [0, 0.1) is 0 Å². The fourth-order valence-electron chi connectivity index (χ4n) is 3.71. The van der Waals surface area contributed by atoms with Crippen LogP contribution >= 0.6 is 15.9 Å². The fourth-order valence-corrected chi connectivity index (χ4v) is 4.17. The zero-order chi connectivity index (χ0) is 20.2. The molecular formula is C25H22BrNO2. The van der Waals surface area contributed by atoms with Gasteiger partial charge >= 0.3 is 5.97 Å². The van der Waals surface area contributed by atoms with Crippen LogP contribution in [-0.2, 0) is 11.2 Å². The van der Waals surface area contributed by atoms with Gasteiger partial charge in [-0.2, -0.15) is 0 Å². The number of allylic oxidation sites excluding steroid dienone is 1. The molecule has 4 aromatic rings. The van der Waals surface area contributed by atoms with Gasteiger partial charge in [0.05, 0.1) is 12.1 Å². The van der Waals surface area contributed by atoms with Gasteiger partial charge in [-0.25, -0.2) is 4.79 Å². The number of ether oxygens (including phenoxy) is 1. The summed E-state index contributed by atoms with van der Waals surface area (Å²) in [5.41, 5.74) is 3.69. The summed E-state index contributed by atoms with van der Waals surface area (Å²) in [6.45, 7) is 2.18. The molecule has 1 N–H and O–H groups in total. The second-order valence-corrected chi connectivity index (χ2v) is 7.73. The van der Waals surface area contributed by atoms with Crippen LogP contribution in [0.25, 0.3) is 27.8 Å². The summed E-state index contributed by atoms with van der Waals surface area (Å²) in [6.07, 6.45) is 5.92. The minimum Gasteiger partial charge on any atom is -0.461 e. The van der Waals surface area contributed by atoms with E-state index in [9.17, 15) is 4.79 Å². The van der Waals surface area contributed by atoms with Gasteiger partial charge in [-0.1, -0.05) is 66.7 Å². The molecule has 0 unspecified atom stereocenters. The minimum absolute atomic E-state index is 0.302. The van der Waals surface area contributed by atoms with Crippen LogP contribution in [0.1, 0.15) is 35.0 Å². The van der Waals surface area contributed by atoms with E-state index in [-0.39, 0.29) is 5.97 Å². The number of aryl methyl sites for hydroxylation is 1. The lowest BCUT2D eigenvalue weighted by molar-refractivity contribution is 0.0519. The Morgan fingerprint density at radius 2 is 1.79 bits per heavy atom. The first-order valence-corrected chi connectivity index (χ1v) is 10.6. The van der Waals surface area contributed by atoms with Crippen molar-refractivity contribution in [3.05, 3.63) is 88.0 Å². The number of aromatic amines is 1. The molecule has 0 spiro atoms. The first kappa shape index (κ1) is 19.5. The molecule has 0 radical (unpaired) electrons. The lowest BCUT2D eigenvalue weighted by atomic mass is 10.0. The highest BCUT2D eigenvalue weighted by atomic mass is 79.9. The second-order valence-electron chi connectivity index (χ2n) is 6.87. The van der Waals surface area contributed by atoms with Crippen LogP contribution in [0.5, 0.6) is 0 Å². The number of hydrogen-bond acceptors (Lipinski definition) is 2. The number of aromatic nitrogens is 1.